The summed E-state index contributed by atoms with van der Waals surface area (Å²) in [6.45, 7) is -2.18. The van der Waals surface area contributed by atoms with Crippen molar-refractivity contribution in [3.63, 3.8) is 0 Å². The van der Waals surface area contributed by atoms with E-state index in [2.05, 4.69) is 5.32 Å². The maximum Gasteiger partial charge on any atom is 0.406 e. The molecule has 4 unspecified atom stereocenters. The van der Waals surface area contributed by atoms with Gasteiger partial charge in [-0.15, -0.1) is 0 Å². The molecule has 1 fully saturated rings. The van der Waals surface area contributed by atoms with Gasteiger partial charge in [0.25, 0.3) is 5.91 Å². The molecule has 2 aliphatic rings. The number of nitrogens with one attached hydrogen (secondary N) is 1. The molecule has 14 heteroatoms. The Kier molecular flexibility index (Phi) is 10.6. The summed E-state index contributed by atoms with van der Waals surface area (Å²) in [5, 5.41) is 32.3. The predicted molar refractivity (Wildman–Crippen MR) is 135 cm³/mol. The van der Waals surface area contributed by atoms with E-state index in [4.69, 9.17) is 19.3 Å². The molecule has 0 saturated carbocycles. The van der Waals surface area contributed by atoms with Crippen molar-refractivity contribution in [2.75, 3.05) is 33.4 Å². The van der Waals surface area contributed by atoms with Crippen LogP contribution in [0.1, 0.15) is 24.8 Å². The van der Waals surface area contributed by atoms with Gasteiger partial charge in [0.05, 0.1) is 29.9 Å². The summed E-state index contributed by atoms with van der Waals surface area (Å²) in [6.07, 6.45) is -7.24. The van der Waals surface area contributed by atoms with Gasteiger partial charge in [0.15, 0.2) is 11.5 Å². The molecule has 0 aromatic heterocycles. The Hall–Kier alpha value is -2.14. The Morgan fingerprint density at radius 1 is 1.29 bits per heavy atom. The summed E-state index contributed by atoms with van der Waals surface area (Å²) in [5.41, 5.74) is 0.491. The second-order valence-corrected chi connectivity index (χ2v) is 10.0. The number of ether oxygens (including phenoxy) is 3. The van der Waals surface area contributed by atoms with Crippen LogP contribution in [0, 0.1) is 3.57 Å². The molecule has 212 valence electrons. The van der Waals surface area contributed by atoms with Crippen LogP contribution in [0.3, 0.4) is 0 Å². The van der Waals surface area contributed by atoms with Gasteiger partial charge in [-0.25, -0.2) is 0 Å². The Morgan fingerprint density at radius 2 is 2.03 bits per heavy atom. The molecule has 0 radical (unpaired) electrons. The molecule has 0 bridgehead atoms. The minimum absolute atomic E-state index is 0.0213. The van der Waals surface area contributed by atoms with Gasteiger partial charge in [-0.05, 0) is 59.2 Å². The smallest absolute Gasteiger partial charge is 0.406 e. The molecule has 1 aromatic rings. The van der Waals surface area contributed by atoms with E-state index in [9.17, 15) is 33.0 Å². The molecule has 1 aromatic carbocycles. The number of amides is 2. The highest BCUT2D eigenvalue weighted by molar-refractivity contribution is 14.1. The molecule has 1 aliphatic carbocycles. The lowest BCUT2D eigenvalue weighted by molar-refractivity contribution is -0.177. The molecule has 1 heterocycles. The molecule has 2 amide bonds. The Balaban J connectivity index is 2.02. The zero-order valence-electron chi connectivity index (χ0n) is 20.5. The average molecular weight is 658 g/mol. The highest BCUT2D eigenvalue weighted by atomic mass is 127. The number of halogens is 4. The molecule has 0 spiro atoms. The molecule has 4 atom stereocenters. The summed E-state index contributed by atoms with van der Waals surface area (Å²) in [6, 6.07) is 1.62. The molecular weight excluding hydrogens is 628 g/mol. The Morgan fingerprint density at radius 3 is 2.61 bits per heavy atom. The highest BCUT2D eigenvalue weighted by Gasteiger charge is 2.46. The van der Waals surface area contributed by atoms with Gasteiger partial charge in [0, 0.05) is 25.1 Å². The molecule has 4 N–H and O–H groups in total. The van der Waals surface area contributed by atoms with Gasteiger partial charge in [-0.2, -0.15) is 13.2 Å². The van der Waals surface area contributed by atoms with Crippen LogP contribution in [0.2, 0.25) is 0 Å². The summed E-state index contributed by atoms with van der Waals surface area (Å²) in [4.78, 5) is 26.5. The van der Waals surface area contributed by atoms with Gasteiger partial charge in [-0.1, -0.05) is 0 Å². The Bertz CT molecular complexity index is 1030. The van der Waals surface area contributed by atoms with Crippen molar-refractivity contribution in [1.82, 2.24) is 10.2 Å². The second kappa shape index (κ2) is 13.3. The molecule has 3 rings (SSSR count). The maximum atomic E-state index is 13.6. The average Bonchev–Trinajstić information content (AvgIpc) is 3.42. The van der Waals surface area contributed by atoms with Crippen LogP contribution >= 0.6 is 22.6 Å². The lowest BCUT2D eigenvalue weighted by Crippen LogP contribution is -2.58. The fraction of sp³-hybridized carbons (Fsp3) is 0.583. The maximum absolute atomic E-state index is 13.6. The van der Waals surface area contributed by atoms with E-state index in [1.54, 1.807) is 6.07 Å². The first-order valence-corrected chi connectivity index (χ1v) is 13.0. The largest absolute Gasteiger partial charge is 0.493 e. The lowest BCUT2D eigenvalue weighted by Gasteiger charge is -2.41. The molecule has 1 saturated heterocycles. The standard InChI is InChI=1S/C24H30F3IN2O8/c1-36-19-8-13(11-32)7-15(28)21(19)38-18-10-14(22(34)29-4-5-31)9-16(20(18)33)30(12-24(25,26)27)23(35)17-3-2-6-37-17/h7-8,10,16-18,20,31-33H,2-6,9,11-12H2,1H3,(H,29,34). The van der Waals surface area contributed by atoms with E-state index in [1.807, 2.05) is 22.6 Å². The van der Waals surface area contributed by atoms with Crippen molar-refractivity contribution in [2.45, 2.75) is 56.4 Å². The quantitative estimate of drug-likeness (QED) is 0.276. The van der Waals surface area contributed by atoms with Gasteiger partial charge in [-0.3, -0.25) is 9.59 Å². The number of carbonyl (C=O) groups is 2. The molecular formula is C24H30F3IN2O8. The van der Waals surface area contributed by atoms with E-state index in [0.29, 0.717) is 20.5 Å². The van der Waals surface area contributed by atoms with E-state index in [1.165, 1.54) is 19.3 Å². The van der Waals surface area contributed by atoms with E-state index in [-0.39, 0.29) is 56.3 Å². The number of rotatable bonds is 10. The van der Waals surface area contributed by atoms with Gasteiger partial charge in [0.1, 0.15) is 24.9 Å². The Labute approximate surface area is 230 Å². The monoisotopic (exact) mass is 658 g/mol. The van der Waals surface area contributed by atoms with Crippen molar-refractivity contribution in [2.24, 2.45) is 0 Å². The number of aliphatic hydroxyl groups excluding tert-OH is 3. The number of aliphatic hydroxyl groups is 3. The van der Waals surface area contributed by atoms with E-state index < -0.39 is 48.9 Å². The highest BCUT2D eigenvalue weighted by Crippen LogP contribution is 2.37. The van der Waals surface area contributed by atoms with Crippen LogP contribution in [0.5, 0.6) is 11.5 Å². The van der Waals surface area contributed by atoms with Crippen LogP contribution in [0.4, 0.5) is 13.2 Å². The first kappa shape index (κ1) is 30.4. The zero-order valence-corrected chi connectivity index (χ0v) is 22.7. The van der Waals surface area contributed by atoms with Crippen molar-refractivity contribution >= 4 is 34.4 Å². The van der Waals surface area contributed by atoms with Gasteiger partial charge >= 0.3 is 6.18 Å². The molecule has 38 heavy (non-hydrogen) atoms. The fourth-order valence-electron chi connectivity index (χ4n) is 4.40. The number of alkyl halides is 3. The first-order valence-electron chi connectivity index (χ1n) is 11.9. The van der Waals surface area contributed by atoms with Crippen molar-refractivity contribution in [1.29, 1.82) is 0 Å². The summed E-state index contributed by atoms with van der Waals surface area (Å²) in [7, 11) is 1.36. The fourth-order valence-corrected chi connectivity index (χ4v) is 5.20. The van der Waals surface area contributed by atoms with E-state index in [0.717, 1.165) is 0 Å². The van der Waals surface area contributed by atoms with E-state index >= 15 is 0 Å². The zero-order chi connectivity index (χ0) is 28.0. The lowest BCUT2D eigenvalue weighted by atomic mass is 9.87. The topological polar surface area (TPSA) is 138 Å². The van der Waals surface area contributed by atoms with Crippen molar-refractivity contribution in [3.05, 3.63) is 32.9 Å². The summed E-state index contributed by atoms with van der Waals surface area (Å²) >= 11 is 1.92. The minimum atomic E-state index is -4.79. The van der Waals surface area contributed by atoms with Gasteiger partial charge < -0.3 is 39.7 Å². The number of carbonyl (C=O) groups excluding carboxylic acids is 2. The molecule has 1 aliphatic heterocycles. The predicted octanol–water partition coefficient (Wildman–Crippen LogP) is 1.28. The van der Waals surface area contributed by atoms with Crippen LogP contribution in [0.25, 0.3) is 0 Å². The normalized spacial score (nSPS) is 23.5. The second-order valence-electron chi connectivity index (χ2n) is 8.87. The number of benzene rings is 1. The molecule has 10 nitrogen and oxygen atoms in total. The van der Waals surface area contributed by atoms with Gasteiger partial charge in [0.2, 0.25) is 5.91 Å². The third kappa shape index (κ3) is 7.49. The van der Waals surface area contributed by atoms with Crippen molar-refractivity contribution < 1.29 is 52.3 Å². The minimum Gasteiger partial charge on any atom is -0.493 e. The number of hydrogen-bond donors (Lipinski definition) is 4. The van der Waals surface area contributed by atoms with Crippen LogP contribution in [-0.2, 0) is 20.9 Å². The third-order valence-electron chi connectivity index (χ3n) is 6.18. The van der Waals surface area contributed by atoms with Crippen molar-refractivity contribution in [3.8, 4) is 11.5 Å². The van der Waals surface area contributed by atoms with Crippen LogP contribution < -0.4 is 14.8 Å². The summed E-state index contributed by atoms with van der Waals surface area (Å²) < 4.78 is 58.0. The van der Waals surface area contributed by atoms with Crippen LogP contribution in [0.15, 0.2) is 23.8 Å². The SMILES string of the molecule is COc1cc(CO)cc(I)c1OC1C=C(C(=O)NCCO)CC(N(CC(F)(F)F)C(=O)C2CCCO2)C1O. The number of methoxy groups -OCH3 is 1. The number of hydrogen-bond acceptors (Lipinski definition) is 8. The third-order valence-corrected chi connectivity index (χ3v) is 6.98. The summed E-state index contributed by atoms with van der Waals surface area (Å²) in [5.74, 6) is -1.29. The number of nitrogens with zero attached hydrogens (tertiary/aromatic N) is 1. The first-order chi connectivity index (χ1) is 18.0. The van der Waals surface area contributed by atoms with Crippen LogP contribution in [-0.4, -0.2) is 96.0 Å².